The van der Waals surface area contributed by atoms with Crippen LogP contribution >= 0.6 is 0 Å². The van der Waals surface area contributed by atoms with Crippen LogP contribution in [0.4, 0.5) is 0 Å². The molecule has 6 heteroatoms. The van der Waals surface area contributed by atoms with Gasteiger partial charge in [0, 0.05) is 12.8 Å². The summed E-state index contributed by atoms with van der Waals surface area (Å²) in [6.45, 7) is 4.87. The summed E-state index contributed by atoms with van der Waals surface area (Å²) in [6.07, 6.45) is 73.5. The zero-order valence-corrected chi connectivity index (χ0v) is 47.3. The second-order valence-corrected chi connectivity index (χ2v) is 21.7. The topological polar surface area (TPSA) is 95.9 Å². The molecule has 3 N–H and O–H groups in total. The number of carbonyl (C=O) groups excluding carboxylic acids is 2. The van der Waals surface area contributed by atoms with Gasteiger partial charge in [0.05, 0.1) is 25.4 Å². The van der Waals surface area contributed by atoms with Gasteiger partial charge in [-0.3, -0.25) is 9.59 Å². The van der Waals surface area contributed by atoms with Crippen LogP contribution in [0, 0.1) is 0 Å². The number of aliphatic hydroxyl groups is 2. The second kappa shape index (κ2) is 59.9. The van der Waals surface area contributed by atoms with Crippen molar-refractivity contribution in [2.75, 3.05) is 13.2 Å². The molecule has 414 valence electrons. The van der Waals surface area contributed by atoms with Crippen LogP contribution in [0.3, 0.4) is 0 Å². The largest absolute Gasteiger partial charge is 0.465 e. The molecule has 2 atom stereocenters. The average Bonchev–Trinajstić information content (AvgIpc) is 3.36. The number of aliphatic hydroxyl groups excluding tert-OH is 2. The first kappa shape index (κ1) is 68.3. The molecule has 0 radical (unpaired) electrons. The Kier molecular flexibility index (Phi) is 58.5. The molecular weight excluding hydrogens is 863 g/mol. The van der Waals surface area contributed by atoms with Crippen LogP contribution in [-0.2, 0) is 14.3 Å². The van der Waals surface area contributed by atoms with Crippen molar-refractivity contribution >= 4 is 11.9 Å². The Morgan fingerprint density at radius 3 is 1.09 bits per heavy atom. The molecule has 0 fully saturated rings. The molecule has 0 aromatic heterocycles. The van der Waals surface area contributed by atoms with E-state index in [1.54, 1.807) is 0 Å². The lowest BCUT2D eigenvalue weighted by Gasteiger charge is -2.22. The Hall–Kier alpha value is -1.66. The van der Waals surface area contributed by atoms with E-state index in [1.807, 2.05) is 0 Å². The highest BCUT2D eigenvalue weighted by Gasteiger charge is 2.20. The van der Waals surface area contributed by atoms with Gasteiger partial charge in [0.25, 0.3) is 0 Å². The van der Waals surface area contributed by atoms with E-state index in [-0.39, 0.29) is 18.5 Å². The predicted octanol–water partition coefficient (Wildman–Crippen LogP) is 19.8. The number of amides is 1. The van der Waals surface area contributed by atoms with Gasteiger partial charge < -0.3 is 20.3 Å². The van der Waals surface area contributed by atoms with Crippen molar-refractivity contribution in [3.8, 4) is 0 Å². The van der Waals surface area contributed by atoms with Gasteiger partial charge in [-0.25, -0.2) is 0 Å². The molecule has 0 aliphatic heterocycles. The minimum absolute atomic E-state index is 0.0312. The number of hydrogen-bond donors (Lipinski definition) is 3. The van der Waals surface area contributed by atoms with Crippen molar-refractivity contribution < 1.29 is 24.5 Å². The normalized spacial score (nSPS) is 12.7. The first-order chi connectivity index (χ1) is 34.5. The van der Waals surface area contributed by atoms with Gasteiger partial charge in [0.15, 0.2) is 0 Å². The summed E-state index contributed by atoms with van der Waals surface area (Å²) < 4.78 is 5.43. The summed E-state index contributed by atoms with van der Waals surface area (Å²) in [7, 11) is 0. The lowest BCUT2D eigenvalue weighted by atomic mass is 10.0. The fraction of sp³-hybridized carbons (Fsp3) is 0.906. The quantitative estimate of drug-likeness (QED) is 0.0321. The maximum Gasteiger partial charge on any atom is 0.305 e. The first-order valence-electron chi connectivity index (χ1n) is 31.6. The van der Waals surface area contributed by atoms with E-state index in [9.17, 15) is 19.8 Å². The molecular formula is C64H123NO5. The van der Waals surface area contributed by atoms with E-state index in [2.05, 4.69) is 43.5 Å². The number of rotatable bonds is 59. The van der Waals surface area contributed by atoms with Gasteiger partial charge in [-0.15, -0.1) is 0 Å². The second-order valence-electron chi connectivity index (χ2n) is 21.7. The van der Waals surface area contributed by atoms with Crippen LogP contribution < -0.4 is 5.32 Å². The Morgan fingerprint density at radius 2 is 0.714 bits per heavy atom. The molecule has 0 aliphatic carbocycles. The van der Waals surface area contributed by atoms with Gasteiger partial charge in [-0.2, -0.15) is 0 Å². The summed E-state index contributed by atoms with van der Waals surface area (Å²) in [5, 5.41) is 23.3. The van der Waals surface area contributed by atoms with Crippen molar-refractivity contribution in [3.05, 3.63) is 24.3 Å². The number of unbranched alkanes of at least 4 members (excludes halogenated alkanes) is 44. The molecule has 6 nitrogen and oxygen atoms in total. The summed E-state index contributed by atoms with van der Waals surface area (Å²) in [5.74, 6) is -0.0685. The fourth-order valence-electron chi connectivity index (χ4n) is 9.95. The Balaban J connectivity index is 3.43. The maximum absolute atomic E-state index is 12.5. The number of carbonyl (C=O) groups is 2. The lowest BCUT2D eigenvalue weighted by Crippen LogP contribution is -2.45. The van der Waals surface area contributed by atoms with E-state index in [4.69, 9.17) is 4.74 Å². The summed E-state index contributed by atoms with van der Waals surface area (Å²) in [6, 6.07) is -0.545. The number of allylic oxidation sites excluding steroid dienone is 3. The summed E-state index contributed by atoms with van der Waals surface area (Å²) in [4.78, 5) is 24.5. The molecule has 0 saturated carbocycles. The van der Waals surface area contributed by atoms with Crippen molar-refractivity contribution in [2.45, 2.75) is 360 Å². The van der Waals surface area contributed by atoms with E-state index in [0.717, 1.165) is 51.4 Å². The molecule has 0 bridgehead atoms. The number of nitrogens with one attached hydrogen (secondary N) is 1. The first-order valence-corrected chi connectivity index (χ1v) is 31.6. The fourth-order valence-corrected chi connectivity index (χ4v) is 9.95. The van der Waals surface area contributed by atoms with Crippen LogP contribution in [0.1, 0.15) is 348 Å². The SMILES string of the molecule is CCCCCCCCCCCCCCCCCCC(=O)OCC/C=C\C/C=C\CCCCCCCCCCCCCCCCC(=O)NC(CO)C(O)CCCCCCCCCCCCCCCCCC. The van der Waals surface area contributed by atoms with Crippen LogP contribution in [0.25, 0.3) is 0 Å². The van der Waals surface area contributed by atoms with Gasteiger partial charge in [-0.1, -0.05) is 314 Å². The van der Waals surface area contributed by atoms with Crippen LogP contribution in [0.2, 0.25) is 0 Å². The molecule has 0 rings (SSSR count). The van der Waals surface area contributed by atoms with Crippen LogP contribution in [0.5, 0.6) is 0 Å². The van der Waals surface area contributed by atoms with Crippen LogP contribution in [0.15, 0.2) is 24.3 Å². The van der Waals surface area contributed by atoms with E-state index >= 15 is 0 Å². The highest BCUT2D eigenvalue weighted by molar-refractivity contribution is 5.76. The number of esters is 1. The van der Waals surface area contributed by atoms with Crippen molar-refractivity contribution in [1.29, 1.82) is 0 Å². The predicted molar refractivity (Wildman–Crippen MR) is 306 cm³/mol. The molecule has 70 heavy (non-hydrogen) atoms. The molecule has 0 aromatic rings. The minimum Gasteiger partial charge on any atom is -0.465 e. The molecule has 2 unspecified atom stereocenters. The third kappa shape index (κ3) is 55.7. The highest BCUT2D eigenvalue weighted by Crippen LogP contribution is 2.18. The monoisotopic (exact) mass is 986 g/mol. The standard InChI is InChI=1S/C64H123NO5/c1-3-5-7-9-11-13-15-17-19-28-32-36-40-44-48-52-56-62(67)61(60-66)65-63(68)57-53-49-45-41-37-33-29-26-24-22-21-23-25-27-31-35-39-43-47-51-55-59-70-64(69)58-54-50-46-42-38-34-30-20-18-16-14-12-10-8-6-4-2/h35,39,47,51,61-62,66-67H,3-34,36-38,40-46,48-50,52-60H2,1-2H3,(H,65,68)/b39-35-,51-47-. The third-order valence-corrected chi connectivity index (χ3v) is 14.8. The van der Waals surface area contributed by atoms with Crippen molar-refractivity contribution in [1.82, 2.24) is 5.32 Å². The summed E-state index contributed by atoms with van der Waals surface area (Å²) >= 11 is 0. The summed E-state index contributed by atoms with van der Waals surface area (Å²) in [5.41, 5.74) is 0. The molecule has 0 saturated heterocycles. The van der Waals surface area contributed by atoms with E-state index < -0.39 is 12.1 Å². The average molecular weight is 987 g/mol. The van der Waals surface area contributed by atoms with Gasteiger partial charge in [-0.05, 0) is 44.9 Å². The molecule has 0 heterocycles. The zero-order chi connectivity index (χ0) is 50.7. The molecule has 0 spiro atoms. The number of hydrogen-bond acceptors (Lipinski definition) is 5. The zero-order valence-electron chi connectivity index (χ0n) is 47.3. The highest BCUT2D eigenvalue weighted by atomic mass is 16.5. The van der Waals surface area contributed by atoms with Gasteiger partial charge in [0.1, 0.15) is 0 Å². The Morgan fingerprint density at radius 1 is 0.400 bits per heavy atom. The molecule has 1 amide bonds. The van der Waals surface area contributed by atoms with Crippen molar-refractivity contribution in [2.24, 2.45) is 0 Å². The van der Waals surface area contributed by atoms with Crippen LogP contribution in [-0.4, -0.2) is 47.4 Å². The van der Waals surface area contributed by atoms with E-state index in [0.29, 0.717) is 25.9 Å². The van der Waals surface area contributed by atoms with Gasteiger partial charge >= 0.3 is 5.97 Å². The van der Waals surface area contributed by atoms with E-state index in [1.165, 1.54) is 263 Å². The smallest absolute Gasteiger partial charge is 0.305 e. The Labute approximate surface area is 437 Å². The Bertz CT molecular complexity index is 1090. The number of ether oxygens (including phenoxy) is 1. The molecule has 0 aromatic carbocycles. The maximum atomic E-state index is 12.5. The van der Waals surface area contributed by atoms with Gasteiger partial charge in [0.2, 0.25) is 5.91 Å². The third-order valence-electron chi connectivity index (χ3n) is 14.8. The molecule has 0 aliphatic rings. The van der Waals surface area contributed by atoms with Crippen molar-refractivity contribution in [3.63, 3.8) is 0 Å². The minimum atomic E-state index is -0.667. The lowest BCUT2D eigenvalue weighted by molar-refractivity contribution is -0.143.